The molecule has 1 unspecified atom stereocenters. The predicted molar refractivity (Wildman–Crippen MR) is 74.4 cm³/mol. The fourth-order valence-electron chi connectivity index (χ4n) is 2.18. The maximum absolute atomic E-state index is 13.8. The molecule has 0 aliphatic carbocycles. The van der Waals surface area contributed by atoms with Gasteiger partial charge in [0.25, 0.3) is 0 Å². The van der Waals surface area contributed by atoms with Crippen LogP contribution in [-0.2, 0) is 10.0 Å². The van der Waals surface area contributed by atoms with Gasteiger partial charge in [0.1, 0.15) is 12.4 Å². The molecule has 1 fully saturated rings. The molecule has 1 heterocycles. The van der Waals surface area contributed by atoms with E-state index in [-0.39, 0.29) is 17.0 Å². The summed E-state index contributed by atoms with van der Waals surface area (Å²) in [5.74, 6) is 3.95. The molecule has 1 aliphatic rings. The van der Waals surface area contributed by atoms with E-state index in [1.54, 1.807) is 0 Å². The minimum atomic E-state index is -3.82. The highest BCUT2D eigenvalue weighted by atomic mass is 32.2. The van der Waals surface area contributed by atoms with Gasteiger partial charge in [0, 0.05) is 13.1 Å². The van der Waals surface area contributed by atoms with Crippen molar-refractivity contribution >= 4 is 10.0 Å². The summed E-state index contributed by atoms with van der Waals surface area (Å²) in [6.45, 7) is -0.0613. The summed E-state index contributed by atoms with van der Waals surface area (Å²) in [7, 11) is -3.82. The van der Waals surface area contributed by atoms with Crippen LogP contribution in [-0.4, -0.2) is 48.7 Å². The topological polar surface area (TPSA) is 77.8 Å². The predicted octanol–water partition coefficient (Wildman–Crippen LogP) is 0.315. The van der Waals surface area contributed by atoms with Gasteiger partial charge >= 0.3 is 0 Å². The Hall–Kier alpha value is -1.46. The van der Waals surface area contributed by atoms with E-state index in [0.29, 0.717) is 19.4 Å². The van der Waals surface area contributed by atoms with Crippen molar-refractivity contribution in [3.63, 3.8) is 0 Å². The summed E-state index contributed by atoms with van der Waals surface area (Å²) < 4.78 is 39.8. The first kappa shape index (κ1) is 15.9. The van der Waals surface area contributed by atoms with Gasteiger partial charge in [-0.3, -0.25) is 0 Å². The molecule has 1 aromatic carbocycles. The van der Waals surface area contributed by atoms with E-state index in [9.17, 15) is 17.9 Å². The largest absolute Gasteiger partial charge is 0.392 e. The molecule has 0 bridgehead atoms. The highest BCUT2D eigenvalue weighted by Crippen LogP contribution is 2.22. The quantitative estimate of drug-likeness (QED) is 0.771. The lowest BCUT2D eigenvalue weighted by Crippen LogP contribution is -2.42. The van der Waals surface area contributed by atoms with Gasteiger partial charge in [0.15, 0.2) is 0 Å². The van der Waals surface area contributed by atoms with Crippen LogP contribution in [0.2, 0.25) is 0 Å². The van der Waals surface area contributed by atoms with Crippen molar-refractivity contribution in [2.75, 3.05) is 19.7 Å². The molecule has 1 aromatic rings. The van der Waals surface area contributed by atoms with Crippen LogP contribution < -0.4 is 0 Å². The SMILES string of the molecule is O=S(=O)(c1ccc(C#CCO)c(F)c1)N1CCCC(O)C1. The average molecular weight is 313 g/mol. The number of benzene rings is 1. The molecule has 0 radical (unpaired) electrons. The number of sulfonamides is 1. The fourth-order valence-corrected chi connectivity index (χ4v) is 3.71. The van der Waals surface area contributed by atoms with Crippen molar-refractivity contribution in [2.45, 2.75) is 23.8 Å². The van der Waals surface area contributed by atoms with Crippen molar-refractivity contribution in [3.05, 3.63) is 29.6 Å². The van der Waals surface area contributed by atoms with E-state index in [0.717, 1.165) is 10.4 Å². The summed E-state index contributed by atoms with van der Waals surface area (Å²) >= 11 is 0. The molecule has 7 heteroatoms. The first-order valence-corrected chi connectivity index (χ1v) is 7.96. The summed E-state index contributed by atoms with van der Waals surface area (Å²) in [5, 5.41) is 18.1. The number of hydrogen-bond donors (Lipinski definition) is 2. The molecule has 0 amide bonds. The normalized spacial score (nSPS) is 19.9. The Balaban J connectivity index is 2.30. The number of β-amino-alcohol motifs (C(OH)–C–C–N with tert-alkyl or cyclic N) is 1. The molecule has 0 saturated carbocycles. The highest BCUT2D eigenvalue weighted by molar-refractivity contribution is 7.89. The molecular formula is C14H16FNO4S. The second-order valence-electron chi connectivity index (χ2n) is 4.76. The highest BCUT2D eigenvalue weighted by Gasteiger charge is 2.29. The lowest BCUT2D eigenvalue weighted by molar-refractivity contribution is 0.108. The number of halogens is 1. The van der Waals surface area contributed by atoms with Gasteiger partial charge in [-0.25, -0.2) is 12.8 Å². The summed E-state index contributed by atoms with van der Waals surface area (Å²) in [6.07, 6.45) is 0.451. The number of piperidine rings is 1. The molecule has 5 nitrogen and oxygen atoms in total. The van der Waals surface area contributed by atoms with Crippen LogP contribution in [0.3, 0.4) is 0 Å². The third kappa shape index (κ3) is 3.60. The first-order valence-electron chi connectivity index (χ1n) is 6.52. The number of nitrogens with zero attached hydrogens (tertiary/aromatic N) is 1. The zero-order valence-electron chi connectivity index (χ0n) is 11.3. The van der Waals surface area contributed by atoms with E-state index < -0.39 is 28.6 Å². The van der Waals surface area contributed by atoms with Crippen molar-refractivity contribution < 1.29 is 23.0 Å². The van der Waals surface area contributed by atoms with Gasteiger partial charge in [-0.2, -0.15) is 4.31 Å². The van der Waals surface area contributed by atoms with Crippen LogP contribution in [0, 0.1) is 17.7 Å². The Morgan fingerprint density at radius 3 is 2.81 bits per heavy atom. The summed E-state index contributed by atoms with van der Waals surface area (Å²) in [4.78, 5) is -0.163. The van der Waals surface area contributed by atoms with E-state index >= 15 is 0 Å². The zero-order chi connectivity index (χ0) is 15.5. The second-order valence-corrected chi connectivity index (χ2v) is 6.70. The van der Waals surface area contributed by atoms with Crippen LogP contribution in [0.5, 0.6) is 0 Å². The van der Waals surface area contributed by atoms with Crippen LogP contribution in [0.4, 0.5) is 4.39 Å². The third-order valence-electron chi connectivity index (χ3n) is 3.24. The van der Waals surface area contributed by atoms with E-state index in [2.05, 4.69) is 11.8 Å². The molecule has 21 heavy (non-hydrogen) atoms. The molecule has 0 spiro atoms. The van der Waals surface area contributed by atoms with Gasteiger partial charge in [0.05, 0.1) is 16.6 Å². The molecular weight excluding hydrogens is 297 g/mol. The van der Waals surface area contributed by atoms with Crippen LogP contribution >= 0.6 is 0 Å². The lowest BCUT2D eigenvalue weighted by atomic mass is 10.1. The number of aliphatic hydroxyl groups excluding tert-OH is 2. The molecule has 1 aliphatic heterocycles. The van der Waals surface area contributed by atoms with Crippen molar-refractivity contribution in [3.8, 4) is 11.8 Å². The van der Waals surface area contributed by atoms with Gasteiger partial charge in [0.2, 0.25) is 10.0 Å². The number of hydrogen-bond acceptors (Lipinski definition) is 4. The maximum atomic E-state index is 13.8. The first-order chi connectivity index (χ1) is 9.95. The molecule has 1 saturated heterocycles. The molecule has 114 valence electrons. The standard InChI is InChI=1S/C14H16FNO4S/c15-14-9-13(6-5-11(14)3-2-8-17)21(19,20)16-7-1-4-12(18)10-16/h5-6,9,12,17-18H,1,4,7-8,10H2. The number of rotatable bonds is 2. The third-order valence-corrected chi connectivity index (χ3v) is 5.10. The Labute approximate surface area is 123 Å². The molecule has 2 rings (SSSR count). The van der Waals surface area contributed by atoms with Gasteiger partial charge in [-0.05, 0) is 31.0 Å². The average Bonchev–Trinajstić information content (AvgIpc) is 2.46. The van der Waals surface area contributed by atoms with E-state index in [1.165, 1.54) is 12.1 Å². The maximum Gasteiger partial charge on any atom is 0.243 e. The Morgan fingerprint density at radius 1 is 1.43 bits per heavy atom. The second kappa shape index (κ2) is 6.54. The van der Waals surface area contributed by atoms with Gasteiger partial charge in [-0.1, -0.05) is 11.8 Å². The smallest absolute Gasteiger partial charge is 0.243 e. The lowest BCUT2D eigenvalue weighted by Gasteiger charge is -2.29. The molecule has 2 N–H and O–H groups in total. The van der Waals surface area contributed by atoms with Gasteiger partial charge in [-0.15, -0.1) is 0 Å². The van der Waals surface area contributed by atoms with Crippen molar-refractivity contribution in [1.82, 2.24) is 4.31 Å². The molecule has 1 atom stereocenters. The van der Waals surface area contributed by atoms with E-state index in [1.807, 2.05) is 0 Å². The van der Waals surface area contributed by atoms with E-state index in [4.69, 9.17) is 5.11 Å². The van der Waals surface area contributed by atoms with Crippen molar-refractivity contribution in [1.29, 1.82) is 0 Å². The Bertz CT molecular complexity index is 678. The van der Waals surface area contributed by atoms with Crippen LogP contribution in [0.15, 0.2) is 23.1 Å². The van der Waals surface area contributed by atoms with Crippen molar-refractivity contribution in [2.24, 2.45) is 0 Å². The van der Waals surface area contributed by atoms with Crippen LogP contribution in [0.1, 0.15) is 18.4 Å². The van der Waals surface area contributed by atoms with Gasteiger partial charge < -0.3 is 10.2 Å². The Kier molecular flexibility index (Phi) is 4.96. The minimum absolute atomic E-state index is 0.0238. The summed E-state index contributed by atoms with van der Waals surface area (Å²) in [5.41, 5.74) is 0.0293. The Morgan fingerprint density at radius 2 is 2.19 bits per heavy atom. The number of aliphatic hydroxyl groups is 2. The molecule has 0 aromatic heterocycles. The fraction of sp³-hybridized carbons (Fsp3) is 0.429. The summed E-state index contributed by atoms with van der Waals surface area (Å²) in [6, 6.07) is 3.46. The monoisotopic (exact) mass is 313 g/mol. The zero-order valence-corrected chi connectivity index (χ0v) is 12.1. The van der Waals surface area contributed by atoms with Crippen LogP contribution in [0.25, 0.3) is 0 Å². The minimum Gasteiger partial charge on any atom is -0.392 e.